The van der Waals surface area contributed by atoms with E-state index in [1.165, 1.54) is 25.7 Å². The number of hydrogen-bond donors (Lipinski definition) is 1. The van der Waals surface area contributed by atoms with Gasteiger partial charge in [0.05, 0.1) is 11.9 Å². The van der Waals surface area contributed by atoms with Crippen molar-refractivity contribution in [3.05, 3.63) is 24.0 Å². The summed E-state index contributed by atoms with van der Waals surface area (Å²) in [6, 6.07) is 1.92. The lowest BCUT2D eigenvalue weighted by atomic mass is 9.78. The van der Waals surface area contributed by atoms with E-state index < -0.39 is 0 Å². The maximum absolute atomic E-state index is 12.1. The number of nitrogens with one attached hydrogen (secondary N) is 1. The Morgan fingerprint density at radius 2 is 2.11 bits per heavy atom. The summed E-state index contributed by atoms with van der Waals surface area (Å²) < 4.78 is 0. The lowest BCUT2D eigenvalue weighted by Crippen LogP contribution is -2.58. The molecule has 4 heteroatoms. The number of rotatable bonds is 1. The van der Waals surface area contributed by atoms with Crippen LogP contribution in [0.25, 0.3) is 0 Å². The van der Waals surface area contributed by atoms with Crippen LogP contribution in [0.4, 0.5) is 10.5 Å². The third-order valence-electron chi connectivity index (χ3n) is 4.28. The van der Waals surface area contributed by atoms with Gasteiger partial charge in [0, 0.05) is 24.7 Å². The average Bonchev–Trinajstić information content (AvgIpc) is 2.79. The fraction of sp³-hybridized carbons (Fsp3) is 0.571. The molecule has 1 spiro atoms. The Bertz CT molecular complexity index is 458. The summed E-state index contributed by atoms with van der Waals surface area (Å²) in [6.07, 6.45) is 8.69. The van der Waals surface area contributed by atoms with Crippen LogP contribution in [0.2, 0.25) is 0 Å². The van der Waals surface area contributed by atoms with Crippen LogP contribution in [-0.4, -0.2) is 29.0 Å². The van der Waals surface area contributed by atoms with E-state index in [-0.39, 0.29) is 6.03 Å². The topological polar surface area (TPSA) is 45.2 Å². The summed E-state index contributed by atoms with van der Waals surface area (Å²) in [5, 5.41) is 2.94. The van der Waals surface area contributed by atoms with Crippen molar-refractivity contribution in [2.45, 2.75) is 32.6 Å². The van der Waals surface area contributed by atoms with Crippen LogP contribution in [0, 0.1) is 12.3 Å². The first kappa shape index (κ1) is 11.5. The monoisotopic (exact) mass is 245 g/mol. The predicted molar refractivity (Wildman–Crippen MR) is 70.5 cm³/mol. The minimum atomic E-state index is 0.0172. The largest absolute Gasteiger partial charge is 0.323 e. The van der Waals surface area contributed by atoms with Gasteiger partial charge < -0.3 is 10.2 Å². The molecule has 1 aliphatic heterocycles. The van der Waals surface area contributed by atoms with Gasteiger partial charge in [0.25, 0.3) is 0 Å². The van der Waals surface area contributed by atoms with E-state index in [2.05, 4.69) is 10.3 Å². The number of urea groups is 1. The molecule has 1 saturated heterocycles. The molecular formula is C14H19N3O. The Labute approximate surface area is 107 Å². The smallest absolute Gasteiger partial charge is 0.321 e. The molecule has 4 nitrogen and oxygen atoms in total. The molecule has 2 amide bonds. The molecule has 1 saturated carbocycles. The first-order valence-corrected chi connectivity index (χ1v) is 6.65. The molecular weight excluding hydrogens is 226 g/mol. The normalized spacial score (nSPS) is 20.8. The summed E-state index contributed by atoms with van der Waals surface area (Å²) in [4.78, 5) is 18.0. The molecule has 0 unspecified atom stereocenters. The van der Waals surface area contributed by atoms with Gasteiger partial charge >= 0.3 is 6.03 Å². The molecule has 2 heterocycles. The summed E-state index contributed by atoms with van der Waals surface area (Å²) in [6.45, 7) is 3.84. The standard InChI is InChI=1S/C14H19N3O/c1-11-4-7-15-8-12(11)16-13(18)17-9-14(10-17)5-2-3-6-14/h4,7-8H,2-3,5-6,9-10H2,1H3,(H,16,18). The molecule has 2 aliphatic rings. The van der Waals surface area contributed by atoms with E-state index in [1.807, 2.05) is 17.9 Å². The number of nitrogens with zero attached hydrogens (tertiary/aromatic N) is 2. The molecule has 0 aromatic carbocycles. The van der Waals surface area contributed by atoms with Crippen LogP contribution in [0.3, 0.4) is 0 Å². The van der Waals surface area contributed by atoms with Gasteiger partial charge in [-0.3, -0.25) is 4.98 Å². The van der Waals surface area contributed by atoms with E-state index in [4.69, 9.17) is 0 Å². The van der Waals surface area contributed by atoms with Crippen LogP contribution in [0.1, 0.15) is 31.2 Å². The molecule has 0 bridgehead atoms. The fourth-order valence-electron chi connectivity index (χ4n) is 3.14. The van der Waals surface area contributed by atoms with E-state index in [1.54, 1.807) is 12.4 Å². The maximum Gasteiger partial charge on any atom is 0.321 e. The van der Waals surface area contributed by atoms with Crippen molar-refractivity contribution in [2.75, 3.05) is 18.4 Å². The molecule has 1 aromatic heterocycles. The fourth-order valence-corrected chi connectivity index (χ4v) is 3.14. The maximum atomic E-state index is 12.1. The van der Waals surface area contributed by atoms with Crippen molar-refractivity contribution in [1.82, 2.24) is 9.88 Å². The van der Waals surface area contributed by atoms with Crippen molar-refractivity contribution in [2.24, 2.45) is 5.41 Å². The molecule has 2 fully saturated rings. The van der Waals surface area contributed by atoms with Gasteiger partial charge in [-0.25, -0.2) is 4.79 Å². The highest BCUT2D eigenvalue weighted by Crippen LogP contribution is 2.45. The van der Waals surface area contributed by atoms with Crippen LogP contribution in [0.15, 0.2) is 18.5 Å². The molecule has 0 atom stereocenters. The number of hydrogen-bond acceptors (Lipinski definition) is 2. The number of anilines is 1. The zero-order chi connectivity index (χ0) is 12.6. The third-order valence-corrected chi connectivity index (χ3v) is 4.28. The molecule has 96 valence electrons. The minimum Gasteiger partial charge on any atom is -0.323 e. The minimum absolute atomic E-state index is 0.0172. The van der Waals surface area contributed by atoms with Crippen molar-refractivity contribution in [1.29, 1.82) is 0 Å². The zero-order valence-corrected chi connectivity index (χ0v) is 10.8. The second-order valence-corrected chi connectivity index (χ2v) is 5.68. The van der Waals surface area contributed by atoms with Gasteiger partial charge in [-0.2, -0.15) is 0 Å². The molecule has 18 heavy (non-hydrogen) atoms. The summed E-state index contributed by atoms with van der Waals surface area (Å²) in [5.41, 5.74) is 2.32. The Kier molecular flexibility index (Phi) is 2.73. The van der Waals surface area contributed by atoms with Gasteiger partial charge in [-0.15, -0.1) is 0 Å². The molecule has 0 radical (unpaired) electrons. The third kappa shape index (κ3) is 1.96. The Morgan fingerprint density at radius 1 is 1.39 bits per heavy atom. The van der Waals surface area contributed by atoms with Gasteiger partial charge in [0.2, 0.25) is 0 Å². The van der Waals surface area contributed by atoms with Gasteiger partial charge in [0.15, 0.2) is 0 Å². The summed E-state index contributed by atoms with van der Waals surface area (Å²) in [7, 11) is 0. The number of carbonyl (C=O) groups excluding carboxylic acids is 1. The van der Waals surface area contributed by atoms with E-state index in [9.17, 15) is 4.79 Å². The number of carbonyl (C=O) groups is 1. The lowest BCUT2D eigenvalue weighted by molar-refractivity contribution is 0.0430. The van der Waals surface area contributed by atoms with Crippen LogP contribution >= 0.6 is 0 Å². The molecule has 3 rings (SSSR count). The van der Waals surface area contributed by atoms with Gasteiger partial charge in [0.1, 0.15) is 0 Å². The second kappa shape index (κ2) is 4.26. The predicted octanol–water partition coefficient (Wildman–Crippen LogP) is 2.80. The Hall–Kier alpha value is -1.58. The van der Waals surface area contributed by atoms with Crippen molar-refractivity contribution in [3.63, 3.8) is 0 Å². The van der Waals surface area contributed by atoms with Gasteiger partial charge in [-0.05, 0) is 31.4 Å². The highest BCUT2D eigenvalue weighted by molar-refractivity contribution is 5.90. The molecule has 1 aromatic rings. The summed E-state index contributed by atoms with van der Waals surface area (Å²) >= 11 is 0. The number of amides is 2. The highest BCUT2D eigenvalue weighted by atomic mass is 16.2. The van der Waals surface area contributed by atoms with Crippen LogP contribution < -0.4 is 5.32 Å². The first-order valence-electron chi connectivity index (χ1n) is 6.65. The van der Waals surface area contributed by atoms with E-state index >= 15 is 0 Å². The quantitative estimate of drug-likeness (QED) is 0.827. The molecule has 1 N–H and O–H groups in total. The number of aromatic nitrogens is 1. The van der Waals surface area contributed by atoms with Crippen LogP contribution in [0.5, 0.6) is 0 Å². The second-order valence-electron chi connectivity index (χ2n) is 5.68. The molecule has 1 aliphatic carbocycles. The van der Waals surface area contributed by atoms with Crippen LogP contribution in [-0.2, 0) is 0 Å². The first-order chi connectivity index (χ1) is 8.69. The zero-order valence-electron chi connectivity index (χ0n) is 10.8. The van der Waals surface area contributed by atoms with E-state index in [0.29, 0.717) is 5.41 Å². The summed E-state index contributed by atoms with van der Waals surface area (Å²) in [5.74, 6) is 0. The van der Waals surface area contributed by atoms with Crippen molar-refractivity contribution < 1.29 is 4.79 Å². The van der Waals surface area contributed by atoms with Crippen molar-refractivity contribution in [3.8, 4) is 0 Å². The lowest BCUT2D eigenvalue weighted by Gasteiger charge is -2.48. The highest BCUT2D eigenvalue weighted by Gasteiger charge is 2.46. The van der Waals surface area contributed by atoms with Gasteiger partial charge in [-0.1, -0.05) is 12.8 Å². The number of likely N-dealkylation sites (tertiary alicyclic amines) is 1. The Morgan fingerprint density at radius 3 is 2.78 bits per heavy atom. The number of aryl methyl sites for hydroxylation is 1. The SMILES string of the molecule is Cc1ccncc1NC(=O)N1CC2(CCCC2)C1. The van der Waals surface area contributed by atoms with Crippen molar-refractivity contribution >= 4 is 11.7 Å². The van der Waals surface area contributed by atoms with E-state index in [0.717, 1.165) is 24.3 Å². The Balaban J connectivity index is 1.59. The number of pyridine rings is 1. The average molecular weight is 245 g/mol.